The van der Waals surface area contributed by atoms with Crippen LogP contribution in [0.1, 0.15) is 69.3 Å². The van der Waals surface area contributed by atoms with Gasteiger partial charge < -0.3 is 10.8 Å². The van der Waals surface area contributed by atoms with E-state index in [0.29, 0.717) is 11.6 Å². The molecule has 0 aliphatic heterocycles. The van der Waals surface area contributed by atoms with E-state index in [2.05, 4.69) is 34.2 Å². The van der Waals surface area contributed by atoms with Crippen molar-refractivity contribution in [2.75, 3.05) is 0 Å². The van der Waals surface area contributed by atoms with Crippen LogP contribution in [0.5, 0.6) is 0 Å². The van der Waals surface area contributed by atoms with Crippen LogP contribution in [-0.4, -0.2) is 26.0 Å². The Labute approximate surface area is 184 Å². The first-order valence-corrected chi connectivity index (χ1v) is 11.0. The Bertz CT molecular complexity index is 926. The van der Waals surface area contributed by atoms with Crippen LogP contribution in [0, 0.1) is 24.2 Å². The van der Waals surface area contributed by atoms with Crippen LogP contribution in [-0.2, 0) is 4.79 Å². The Hall–Kier alpha value is -2.34. The zero-order valence-corrected chi connectivity index (χ0v) is 19.0. The number of aromatic nitrogens is 2. The van der Waals surface area contributed by atoms with Gasteiger partial charge in [-0.25, -0.2) is 4.98 Å². The van der Waals surface area contributed by atoms with Crippen molar-refractivity contribution < 1.29 is 9.90 Å². The maximum atomic E-state index is 11.8. The maximum Gasteiger partial charge on any atom is 0.307 e. The quantitative estimate of drug-likeness (QED) is 0.647. The van der Waals surface area contributed by atoms with E-state index in [4.69, 9.17) is 18.0 Å². The van der Waals surface area contributed by atoms with Gasteiger partial charge in [-0.2, -0.15) is 0 Å². The van der Waals surface area contributed by atoms with Crippen LogP contribution in [0.2, 0.25) is 0 Å². The van der Waals surface area contributed by atoms with Gasteiger partial charge in [0, 0.05) is 5.56 Å². The molecule has 5 nitrogen and oxygen atoms in total. The first-order valence-electron chi connectivity index (χ1n) is 10.5. The monoisotopic (exact) mass is 425 g/mol. The lowest BCUT2D eigenvalue weighted by Gasteiger charge is -2.38. The van der Waals surface area contributed by atoms with Gasteiger partial charge in [-0.15, -0.1) is 0 Å². The predicted molar refractivity (Wildman–Crippen MR) is 123 cm³/mol. The number of carboxylic acid groups (broad SMARTS) is 1. The Balaban J connectivity index is 1.72. The second kappa shape index (κ2) is 8.80. The third-order valence-corrected chi connectivity index (χ3v) is 6.51. The fourth-order valence-electron chi connectivity index (χ4n) is 4.82. The highest BCUT2D eigenvalue weighted by Gasteiger charge is 2.39. The van der Waals surface area contributed by atoms with Crippen molar-refractivity contribution in [2.45, 2.75) is 59.3 Å². The molecule has 160 valence electrons. The molecule has 1 aromatic carbocycles. The van der Waals surface area contributed by atoms with Crippen LogP contribution in [0.25, 0.3) is 11.3 Å². The topological polar surface area (TPSA) is 89.1 Å². The molecule has 1 saturated carbocycles. The van der Waals surface area contributed by atoms with Crippen molar-refractivity contribution in [3.8, 4) is 11.3 Å². The summed E-state index contributed by atoms with van der Waals surface area (Å²) in [7, 11) is 0. The van der Waals surface area contributed by atoms with Crippen LogP contribution >= 0.6 is 12.2 Å². The fourth-order valence-corrected chi connectivity index (χ4v) is 4.92. The number of rotatable bonds is 5. The second-order valence-electron chi connectivity index (χ2n) is 9.47. The summed E-state index contributed by atoms with van der Waals surface area (Å²) in [6, 6.07) is 8.48. The van der Waals surface area contributed by atoms with Gasteiger partial charge >= 0.3 is 5.97 Å². The molecular formula is C24H31N3O2S. The van der Waals surface area contributed by atoms with Gasteiger partial charge in [0.05, 0.1) is 23.5 Å². The van der Waals surface area contributed by atoms with E-state index in [1.165, 1.54) is 5.56 Å². The van der Waals surface area contributed by atoms with E-state index in [0.717, 1.165) is 42.6 Å². The molecule has 0 bridgehead atoms. The summed E-state index contributed by atoms with van der Waals surface area (Å²) in [6.07, 6.45) is 5.58. The van der Waals surface area contributed by atoms with Crippen LogP contribution < -0.4 is 5.73 Å². The molecule has 0 amide bonds. The molecule has 6 heteroatoms. The molecule has 2 aromatic rings. The summed E-state index contributed by atoms with van der Waals surface area (Å²) in [6.45, 7) is 8.03. The van der Waals surface area contributed by atoms with Crippen molar-refractivity contribution in [2.24, 2.45) is 23.0 Å². The van der Waals surface area contributed by atoms with E-state index >= 15 is 0 Å². The average molecular weight is 426 g/mol. The minimum Gasteiger partial charge on any atom is -0.481 e. The normalized spacial score (nSPS) is 20.5. The highest BCUT2D eigenvalue weighted by molar-refractivity contribution is 7.80. The molecule has 0 saturated heterocycles. The van der Waals surface area contributed by atoms with Crippen LogP contribution in [0.4, 0.5) is 0 Å². The highest BCUT2D eigenvalue weighted by Crippen LogP contribution is 2.44. The minimum atomic E-state index is -0.661. The lowest BCUT2D eigenvalue weighted by Crippen LogP contribution is -2.36. The van der Waals surface area contributed by atoms with E-state index < -0.39 is 5.97 Å². The molecule has 1 aliphatic carbocycles. The lowest BCUT2D eigenvalue weighted by atomic mass is 9.66. The predicted octanol–water partition coefficient (Wildman–Crippen LogP) is 5.11. The SMILES string of the molecule is Cc1ncc(C(N)=S)nc1-c1ccc([C@H]2CC[C@H](C(C(=O)O)C(C)(C)C)CC2)cc1. The molecule has 3 N–H and O–H groups in total. The van der Waals surface area contributed by atoms with Crippen molar-refractivity contribution in [3.05, 3.63) is 47.4 Å². The number of nitrogens with two attached hydrogens (primary N) is 1. The summed E-state index contributed by atoms with van der Waals surface area (Å²) < 4.78 is 0. The summed E-state index contributed by atoms with van der Waals surface area (Å²) in [4.78, 5) is 21.0. The van der Waals surface area contributed by atoms with Crippen LogP contribution in [0.3, 0.4) is 0 Å². The third kappa shape index (κ3) is 4.86. The lowest BCUT2D eigenvalue weighted by molar-refractivity contribution is -0.149. The Morgan fingerprint density at radius 1 is 1.17 bits per heavy atom. The molecular weight excluding hydrogens is 394 g/mol. The molecule has 0 spiro atoms. The first-order chi connectivity index (χ1) is 14.1. The molecule has 1 fully saturated rings. The first kappa shape index (κ1) is 22.3. The smallest absolute Gasteiger partial charge is 0.307 e. The van der Waals surface area contributed by atoms with Gasteiger partial charge in [0.2, 0.25) is 0 Å². The van der Waals surface area contributed by atoms with E-state index in [-0.39, 0.29) is 22.2 Å². The van der Waals surface area contributed by atoms with Crippen molar-refractivity contribution >= 4 is 23.2 Å². The summed E-state index contributed by atoms with van der Waals surface area (Å²) >= 11 is 5.03. The van der Waals surface area contributed by atoms with Crippen molar-refractivity contribution in [3.63, 3.8) is 0 Å². The summed E-state index contributed by atoms with van der Waals surface area (Å²) in [5.41, 5.74) is 9.94. The summed E-state index contributed by atoms with van der Waals surface area (Å²) in [5, 5.41) is 9.73. The number of aliphatic carboxylic acids is 1. The Kier molecular flexibility index (Phi) is 6.56. The second-order valence-corrected chi connectivity index (χ2v) is 9.91. The molecule has 1 unspecified atom stereocenters. The maximum absolute atomic E-state index is 11.8. The van der Waals surface area contributed by atoms with Gasteiger partial charge in [-0.3, -0.25) is 9.78 Å². The average Bonchev–Trinajstić information content (AvgIpc) is 2.67. The third-order valence-electron chi connectivity index (χ3n) is 6.31. The van der Waals surface area contributed by atoms with Crippen LogP contribution in [0.15, 0.2) is 30.5 Å². The molecule has 1 atom stereocenters. The Morgan fingerprint density at radius 2 is 1.77 bits per heavy atom. The van der Waals surface area contributed by atoms with Gasteiger partial charge in [0.25, 0.3) is 0 Å². The molecule has 3 rings (SSSR count). The van der Waals surface area contributed by atoms with E-state index in [9.17, 15) is 9.90 Å². The van der Waals surface area contributed by atoms with Crippen molar-refractivity contribution in [1.29, 1.82) is 0 Å². The number of hydrogen-bond donors (Lipinski definition) is 2. The van der Waals surface area contributed by atoms with Crippen molar-refractivity contribution in [1.82, 2.24) is 9.97 Å². The fraction of sp³-hybridized carbons (Fsp3) is 0.500. The van der Waals surface area contributed by atoms with Gasteiger partial charge in [-0.1, -0.05) is 57.3 Å². The molecule has 1 heterocycles. The van der Waals surface area contributed by atoms with Gasteiger partial charge in [0.15, 0.2) is 0 Å². The molecule has 0 radical (unpaired) electrons. The standard InChI is InChI=1S/C24H31N3O2S/c1-14-21(27-19(13-26-14)22(25)30)18-11-7-16(8-12-18)15-5-9-17(10-6-15)20(23(28)29)24(2,3)4/h7-8,11-13,15,17,20H,5-6,9-10H2,1-4H3,(H2,25,30)(H,28,29)/t15-,17-,20?. The highest BCUT2D eigenvalue weighted by atomic mass is 32.1. The number of carbonyl (C=O) groups is 1. The number of nitrogens with zero attached hydrogens (tertiary/aromatic N) is 2. The van der Waals surface area contributed by atoms with E-state index in [1.54, 1.807) is 6.20 Å². The minimum absolute atomic E-state index is 0.218. The zero-order valence-electron chi connectivity index (χ0n) is 18.2. The van der Waals surface area contributed by atoms with E-state index in [1.807, 2.05) is 27.7 Å². The Morgan fingerprint density at radius 3 is 2.27 bits per heavy atom. The number of carboxylic acids is 1. The summed E-state index contributed by atoms with van der Waals surface area (Å²) in [5.74, 6) is -0.229. The molecule has 1 aliphatic rings. The van der Waals surface area contributed by atoms with Gasteiger partial charge in [-0.05, 0) is 55.4 Å². The molecule has 1 aromatic heterocycles. The molecule has 30 heavy (non-hydrogen) atoms. The van der Waals surface area contributed by atoms with Gasteiger partial charge in [0.1, 0.15) is 10.7 Å². The zero-order chi connectivity index (χ0) is 22.1. The number of benzene rings is 1. The largest absolute Gasteiger partial charge is 0.481 e. The number of thiocarbonyl (C=S) groups is 1. The number of hydrogen-bond acceptors (Lipinski definition) is 4. The number of aryl methyl sites for hydroxylation is 1.